The molecule has 1 heterocycles. The molecule has 0 unspecified atom stereocenters. The summed E-state index contributed by atoms with van der Waals surface area (Å²) in [5.74, 6) is 0.966. The first-order chi connectivity index (χ1) is 10.7. The summed E-state index contributed by atoms with van der Waals surface area (Å²) in [6, 6.07) is 7.98. The van der Waals surface area contributed by atoms with Crippen LogP contribution in [0.1, 0.15) is 31.7 Å². The third kappa shape index (κ3) is 5.18. The molecule has 0 aromatic heterocycles. The van der Waals surface area contributed by atoms with Crippen LogP contribution in [0.5, 0.6) is 0 Å². The Morgan fingerprint density at radius 1 is 1.36 bits per heavy atom. The van der Waals surface area contributed by atoms with Gasteiger partial charge in [-0.1, -0.05) is 29.8 Å². The molecule has 1 aromatic rings. The molecule has 0 aliphatic carbocycles. The molecule has 1 aliphatic heterocycles. The minimum Gasteiger partial charge on any atom is -0.393 e. The van der Waals surface area contributed by atoms with Gasteiger partial charge in [-0.15, -0.1) is 0 Å². The number of aliphatic hydroxyl groups excluding tert-OH is 1. The van der Waals surface area contributed by atoms with Gasteiger partial charge >= 0.3 is 0 Å². The standard InChI is InChI=1S/C17H26ClN3O/c1-2-19-17(21-12-9-15(22)10-13-21)20-11-5-7-14-6-3-4-8-16(14)18/h3-4,6,8,15,22H,2,5,7,9-13H2,1H3,(H,19,20). The van der Waals surface area contributed by atoms with E-state index in [4.69, 9.17) is 16.6 Å². The van der Waals surface area contributed by atoms with Crippen LogP contribution in [0.3, 0.4) is 0 Å². The van der Waals surface area contributed by atoms with Crippen LogP contribution in [-0.2, 0) is 6.42 Å². The molecule has 1 fully saturated rings. The largest absolute Gasteiger partial charge is 0.393 e. The van der Waals surface area contributed by atoms with E-state index in [1.54, 1.807) is 0 Å². The second kappa shape index (κ2) is 9.01. The number of guanidine groups is 1. The highest BCUT2D eigenvalue weighted by Gasteiger charge is 2.19. The molecule has 5 heteroatoms. The molecule has 0 spiro atoms. The molecule has 0 saturated carbocycles. The lowest BCUT2D eigenvalue weighted by atomic mass is 10.1. The number of aliphatic hydroxyl groups is 1. The highest BCUT2D eigenvalue weighted by atomic mass is 35.5. The summed E-state index contributed by atoms with van der Waals surface area (Å²) in [5.41, 5.74) is 1.19. The number of piperidine rings is 1. The molecule has 1 saturated heterocycles. The van der Waals surface area contributed by atoms with E-state index in [9.17, 15) is 5.11 Å². The molecule has 1 aliphatic rings. The summed E-state index contributed by atoms with van der Waals surface area (Å²) >= 11 is 6.17. The number of nitrogens with one attached hydrogen (secondary N) is 1. The van der Waals surface area contributed by atoms with E-state index in [2.05, 4.69) is 23.2 Å². The molecule has 0 atom stereocenters. The first-order valence-corrected chi connectivity index (χ1v) is 8.53. The van der Waals surface area contributed by atoms with Crippen LogP contribution >= 0.6 is 11.6 Å². The highest BCUT2D eigenvalue weighted by Crippen LogP contribution is 2.16. The SMILES string of the molecule is CCNC(=NCCCc1ccccc1Cl)N1CCC(O)CC1. The Morgan fingerprint density at radius 2 is 2.09 bits per heavy atom. The summed E-state index contributed by atoms with van der Waals surface area (Å²) in [6.07, 6.45) is 3.42. The van der Waals surface area contributed by atoms with Crippen LogP contribution < -0.4 is 5.32 Å². The molecular formula is C17H26ClN3O. The quantitative estimate of drug-likeness (QED) is 0.497. The normalized spacial score (nSPS) is 16.9. The lowest BCUT2D eigenvalue weighted by Gasteiger charge is -2.32. The minimum atomic E-state index is -0.153. The monoisotopic (exact) mass is 323 g/mol. The topological polar surface area (TPSA) is 47.9 Å². The zero-order valence-electron chi connectivity index (χ0n) is 13.3. The first kappa shape index (κ1) is 17.1. The molecule has 2 rings (SSSR count). The molecule has 1 aromatic carbocycles. The molecule has 0 radical (unpaired) electrons. The van der Waals surface area contributed by atoms with E-state index in [1.165, 1.54) is 5.56 Å². The number of likely N-dealkylation sites (tertiary alicyclic amines) is 1. The maximum absolute atomic E-state index is 9.61. The number of halogens is 1. The van der Waals surface area contributed by atoms with Crippen LogP contribution in [0, 0.1) is 0 Å². The summed E-state index contributed by atoms with van der Waals surface area (Å²) < 4.78 is 0. The second-order valence-corrected chi connectivity index (χ2v) is 6.06. The molecule has 0 bridgehead atoms. The maximum atomic E-state index is 9.61. The Balaban J connectivity index is 1.84. The van der Waals surface area contributed by atoms with Crippen molar-refractivity contribution in [3.8, 4) is 0 Å². The Labute approximate surface area is 138 Å². The van der Waals surface area contributed by atoms with Gasteiger partial charge < -0.3 is 15.3 Å². The Hall–Kier alpha value is -1.26. The number of rotatable bonds is 5. The zero-order chi connectivity index (χ0) is 15.8. The first-order valence-electron chi connectivity index (χ1n) is 8.15. The van der Waals surface area contributed by atoms with Crippen molar-refractivity contribution in [3.05, 3.63) is 34.9 Å². The molecular weight excluding hydrogens is 298 g/mol. The Bertz CT molecular complexity index is 485. The van der Waals surface area contributed by atoms with Gasteiger partial charge in [0.1, 0.15) is 0 Å². The van der Waals surface area contributed by atoms with E-state index in [0.29, 0.717) is 0 Å². The van der Waals surface area contributed by atoms with Crippen molar-refractivity contribution in [2.75, 3.05) is 26.2 Å². The number of nitrogens with zero attached hydrogens (tertiary/aromatic N) is 2. The van der Waals surface area contributed by atoms with Crippen LogP contribution in [0.15, 0.2) is 29.3 Å². The van der Waals surface area contributed by atoms with E-state index in [1.807, 2.05) is 18.2 Å². The smallest absolute Gasteiger partial charge is 0.193 e. The second-order valence-electron chi connectivity index (χ2n) is 5.65. The Morgan fingerprint density at radius 3 is 2.77 bits per heavy atom. The van der Waals surface area contributed by atoms with Gasteiger partial charge in [-0.05, 0) is 44.2 Å². The van der Waals surface area contributed by atoms with Gasteiger partial charge in [0.15, 0.2) is 5.96 Å². The van der Waals surface area contributed by atoms with Gasteiger partial charge in [0.2, 0.25) is 0 Å². The number of benzene rings is 1. The molecule has 122 valence electrons. The average Bonchev–Trinajstić information content (AvgIpc) is 2.53. The predicted molar refractivity (Wildman–Crippen MR) is 92.6 cm³/mol. The number of hydrogen-bond donors (Lipinski definition) is 2. The van der Waals surface area contributed by atoms with Crippen LogP contribution in [0.4, 0.5) is 0 Å². The average molecular weight is 324 g/mol. The molecule has 4 nitrogen and oxygen atoms in total. The van der Waals surface area contributed by atoms with Crippen LogP contribution in [0.25, 0.3) is 0 Å². The summed E-state index contributed by atoms with van der Waals surface area (Å²) in [4.78, 5) is 6.96. The summed E-state index contributed by atoms with van der Waals surface area (Å²) in [6.45, 7) is 5.47. The lowest BCUT2D eigenvalue weighted by Crippen LogP contribution is -2.46. The van der Waals surface area contributed by atoms with Crippen molar-refractivity contribution in [2.24, 2.45) is 4.99 Å². The van der Waals surface area contributed by atoms with Crippen LogP contribution in [0.2, 0.25) is 5.02 Å². The predicted octanol–water partition coefficient (Wildman–Crippen LogP) is 2.69. The molecule has 22 heavy (non-hydrogen) atoms. The van der Waals surface area contributed by atoms with E-state index in [0.717, 1.165) is 62.8 Å². The van der Waals surface area contributed by atoms with Crippen LogP contribution in [-0.4, -0.2) is 48.2 Å². The Kier molecular flexibility index (Phi) is 7.00. The number of aryl methyl sites for hydroxylation is 1. The molecule has 2 N–H and O–H groups in total. The van der Waals surface area contributed by atoms with E-state index in [-0.39, 0.29) is 6.10 Å². The summed E-state index contributed by atoms with van der Waals surface area (Å²) in [7, 11) is 0. The minimum absolute atomic E-state index is 0.153. The lowest BCUT2D eigenvalue weighted by molar-refractivity contribution is 0.108. The maximum Gasteiger partial charge on any atom is 0.193 e. The molecule has 0 amide bonds. The van der Waals surface area contributed by atoms with Crippen molar-refractivity contribution < 1.29 is 5.11 Å². The van der Waals surface area contributed by atoms with Gasteiger partial charge in [0.25, 0.3) is 0 Å². The number of aliphatic imine (C=N–C) groups is 1. The fourth-order valence-electron chi connectivity index (χ4n) is 2.66. The fraction of sp³-hybridized carbons (Fsp3) is 0.588. The van der Waals surface area contributed by atoms with E-state index >= 15 is 0 Å². The third-order valence-corrected chi connectivity index (χ3v) is 4.29. The number of hydrogen-bond acceptors (Lipinski definition) is 2. The van der Waals surface area contributed by atoms with Crippen molar-refractivity contribution in [3.63, 3.8) is 0 Å². The third-order valence-electron chi connectivity index (χ3n) is 3.92. The van der Waals surface area contributed by atoms with Crippen molar-refractivity contribution in [1.29, 1.82) is 0 Å². The van der Waals surface area contributed by atoms with Crippen molar-refractivity contribution in [2.45, 2.75) is 38.7 Å². The van der Waals surface area contributed by atoms with Gasteiger partial charge in [-0.3, -0.25) is 4.99 Å². The van der Waals surface area contributed by atoms with Gasteiger partial charge in [-0.2, -0.15) is 0 Å². The van der Waals surface area contributed by atoms with Gasteiger partial charge in [-0.25, -0.2) is 0 Å². The summed E-state index contributed by atoms with van der Waals surface area (Å²) in [5, 5.41) is 13.8. The van der Waals surface area contributed by atoms with Crippen molar-refractivity contribution in [1.82, 2.24) is 10.2 Å². The van der Waals surface area contributed by atoms with Gasteiger partial charge in [0, 0.05) is 31.2 Å². The highest BCUT2D eigenvalue weighted by molar-refractivity contribution is 6.31. The van der Waals surface area contributed by atoms with E-state index < -0.39 is 0 Å². The van der Waals surface area contributed by atoms with Gasteiger partial charge in [0.05, 0.1) is 6.10 Å². The van der Waals surface area contributed by atoms with Crippen molar-refractivity contribution >= 4 is 17.6 Å². The zero-order valence-corrected chi connectivity index (χ0v) is 14.0. The fourth-order valence-corrected chi connectivity index (χ4v) is 2.89.